The van der Waals surface area contributed by atoms with Crippen molar-refractivity contribution in [2.75, 3.05) is 6.54 Å². The molecule has 39 heavy (non-hydrogen) atoms. The summed E-state index contributed by atoms with van der Waals surface area (Å²) in [6, 6.07) is 4.75. The first-order valence-corrected chi connectivity index (χ1v) is 11.2. The van der Waals surface area contributed by atoms with E-state index in [4.69, 9.17) is 0 Å². The number of aryl methyl sites for hydroxylation is 1. The number of amides is 2. The van der Waals surface area contributed by atoms with Gasteiger partial charge < -0.3 is 10.6 Å². The molecule has 0 saturated heterocycles. The lowest BCUT2D eigenvalue weighted by Crippen LogP contribution is -2.51. The van der Waals surface area contributed by atoms with E-state index in [9.17, 15) is 53.5 Å². The fourth-order valence-corrected chi connectivity index (χ4v) is 3.74. The summed E-state index contributed by atoms with van der Waals surface area (Å²) >= 11 is 0. The van der Waals surface area contributed by atoms with Crippen LogP contribution < -0.4 is 10.6 Å². The Morgan fingerprint density at radius 1 is 0.974 bits per heavy atom. The largest absolute Gasteiger partial charge is 0.417 e. The quantitative estimate of drug-likeness (QED) is 0.376. The van der Waals surface area contributed by atoms with Crippen molar-refractivity contribution in [2.45, 2.75) is 49.8 Å². The summed E-state index contributed by atoms with van der Waals surface area (Å²) in [6.45, 7) is -0.449. The molecule has 1 saturated carbocycles. The predicted molar refractivity (Wildman–Crippen MR) is 119 cm³/mol. The van der Waals surface area contributed by atoms with E-state index in [1.807, 2.05) is 5.32 Å². The zero-order valence-corrected chi connectivity index (χ0v) is 19.9. The number of hydrogen-bond donors (Lipinski definition) is 2. The van der Waals surface area contributed by atoms with Gasteiger partial charge in [0.2, 0.25) is 5.91 Å². The molecule has 2 aromatic carbocycles. The molecule has 1 fully saturated rings. The van der Waals surface area contributed by atoms with E-state index in [0.717, 1.165) is 30.3 Å². The topological polar surface area (TPSA) is 58.2 Å². The Labute approximate surface area is 215 Å². The zero-order valence-electron chi connectivity index (χ0n) is 19.9. The second kappa shape index (κ2) is 10.5. The molecule has 0 spiro atoms. The molecule has 1 atom stereocenters. The molecule has 1 aliphatic rings. The van der Waals surface area contributed by atoms with E-state index < -0.39 is 65.3 Å². The second-order valence-electron chi connectivity index (χ2n) is 9.02. The third-order valence-corrected chi connectivity index (χ3v) is 5.96. The van der Waals surface area contributed by atoms with Gasteiger partial charge in [-0.2, -0.15) is 39.5 Å². The summed E-state index contributed by atoms with van der Waals surface area (Å²) in [5.41, 5.74) is -5.08. The standard InChI is InChI=1S/C25H20F10N2O2/c1-13-10-15(4-7-19(13)26)17(24(30,31)32)6-3-14-2-5-16(18(11-14)25(33,34)35)20(38)37-22(8-9-22)21(39)36-12-23(27,28)29/h2-7,10-11,17H,8-9,12H2,1H3,(H,36,39)(H,37,38)/b6-3+. The van der Waals surface area contributed by atoms with Gasteiger partial charge in [-0.15, -0.1) is 0 Å². The maximum absolute atomic E-state index is 13.8. The number of rotatable bonds is 7. The molecule has 3 rings (SSSR count). The molecule has 4 nitrogen and oxygen atoms in total. The fraction of sp³-hybridized carbons (Fsp3) is 0.360. The Morgan fingerprint density at radius 2 is 1.62 bits per heavy atom. The van der Waals surface area contributed by atoms with E-state index in [1.165, 1.54) is 6.92 Å². The highest BCUT2D eigenvalue weighted by Crippen LogP contribution is 2.39. The van der Waals surface area contributed by atoms with Crippen molar-refractivity contribution in [3.63, 3.8) is 0 Å². The molecule has 1 unspecified atom stereocenters. The van der Waals surface area contributed by atoms with Crippen molar-refractivity contribution in [1.29, 1.82) is 0 Å². The van der Waals surface area contributed by atoms with Crippen LogP contribution in [-0.2, 0) is 11.0 Å². The number of allylic oxidation sites excluding steroid dienone is 1. The van der Waals surface area contributed by atoms with E-state index in [-0.39, 0.29) is 29.5 Å². The van der Waals surface area contributed by atoms with Crippen LogP contribution in [0.15, 0.2) is 42.5 Å². The summed E-state index contributed by atoms with van der Waals surface area (Å²) < 4.78 is 133. The van der Waals surface area contributed by atoms with Crippen LogP contribution in [0, 0.1) is 12.7 Å². The molecule has 14 heteroatoms. The van der Waals surface area contributed by atoms with E-state index >= 15 is 0 Å². The molecule has 0 aromatic heterocycles. The average Bonchev–Trinajstić information content (AvgIpc) is 3.58. The molecule has 2 aromatic rings. The average molecular weight is 570 g/mol. The van der Waals surface area contributed by atoms with Gasteiger partial charge in [-0.1, -0.05) is 30.4 Å². The molecule has 0 aliphatic heterocycles. The fourth-order valence-electron chi connectivity index (χ4n) is 3.74. The van der Waals surface area contributed by atoms with Crippen LogP contribution in [0.3, 0.4) is 0 Å². The van der Waals surface area contributed by atoms with Gasteiger partial charge in [-0.3, -0.25) is 9.59 Å². The SMILES string of the molecule is Cc1cc(C(/C=C/c2ccc(C(=O)NC3(C(=O)NCC(F)(F)F)CC3)c(C(F)(F)F)c2)C(F)(F)F)ccc1F. The molecular weight excluding hydrogens is 550 g/mol. The van der Waals surface area contributed by atoms with Crippen LogP contribution in [0.5, 0.6) is 0 Å². The lowest BCUT2D eigenvalue weighted by Gasteiger charge is -2.20. The summed E-state index contributed by atoms with van der Waals surface area (Å²) in [5.74, 6) is -5.62. The van der Waals surface area contributed by atoms with Gasteiger partial charge >= 0.3 is 18.5 Å². The Kier molecular flexibility index (Phi) is 8.09. The minimum atomic E-state index is -5.15. The van der Waals surface area contributed by atoms with Gasteiger partial charge in [0.25, 0.3) is 5.91 Å². The van der Waals surface area contributed by atoms with Crippen LogP contribution in [-0.4, -0.2) is 36.3 Å². The molecular formula is C25H20F10N2O2. The maximum atomic E-state index is 13.8. The Morgan fingerprint density at radius 3 is 2.13 bits per heavy atom. The lowest BCUT2D eigenvalue weighted by atomic mass is 9.94. The van der Waals surface area contributed by atoms with Gasteiger partial charge in [-0.25, -0.2) is 4.39 Å². The van der Waals surface area contributed by atoms with Crippen LogP contribution in [0.2, 0.25) is 0 Å². The first kappa shape index (κ1) is 30.0. The smallest absolute Gasteiger partial charge is 0.345 e. The number of halogens is 10. The lowest BCUT2D eigenvalue weighted by molar-refractivity contribution is -0.140. The monoisotopic (exact) mass is 570 g/mol. The number of carbonyl (C=O) groups is 2. The van der Waals surface area contributed by atoms with Gasteiger partial charge in [-0.05, 0) is 54.7 Å². The third-order valence-electron chi connectivity index (χ3n) is 5.96. The number of benzene rings is 2. The Balaban J connectivity index is 1.88. The number of nitrogens with one attached hydrogen (secondary N) is 2. The summed E-state index contributed by atoms with van der Waals surface area (Å²) in [7, 11) is 0. The van der Waals surface area contributed by atoms with Crippen molar-refractivity contribution < 1.29 is 53.5 Å². The van der Waals surface area contributed by atoms with E-state index in [2.05, 4.69) is 0 Å². The highest BCUT2D eigenvalue weighted by Gasteiger charge is 2.52. The highest BCUT2D eigenvalue weighted by atomic mass is 19.4. The molecule has 0 heterocycles. The molecule has 2 amide bonds. The van der Waals surface area contributed by atoms with Crippen molar-refractivity contribution >= 4 is 17.9 Å². The maximum Gasteiger partial charge on any atom is 0.417 e. The van der Waals surface area contributed by atoms with Crippen molar-refractivity contribution in [3.8, 4) is 0 Å². The third kappa shape index (κ3) is 7.51. The molecule has 212 valence electrons. The van der Waals surface area contributed by atoms with Gasteiger partial charge in [0.15, 0.2) is 0 Å². The number of hydrogen-bond acceptors (Lipinski definition) is 2. The highest BCUT2D eigenvalue weighted by molar-refractivity contribution is 6.01. The van der Waals surface area contributed by atoms with Crippen LogP contribution in [0.1, 0.15) is 51.4 Å². The first-order valence-electron chi connectivity index (χ1n) is 11.2. The minimum Gasteiger partial charge on any atom is -0.345 e. The van der Waals surface area contributed by atoms with Crippen molar-refractivity contribution in [2.24, 2.45) is 0 Å². The molecule has 2 N–H and O–H groups in total. The van der Waals surface area contributed by atoms with Crippen molar-refractivity contribution in [1.82, 2.24) is 10.6 Å². The summed E-state index contributed by atoms with van der Waals surface area (Å²) in [6.07, 6.45) is -13.6. The summed E-state index contributed by atoms with van der Waals surface area (Å²) in [5, 5.41) is 3.61. The van der Waals surface area contributed by atoms with E-state index in [0.29, 0.717) is 18.2 Å². The van der Waals surface area contributed by atoms with Crippen LogP contribution >= 0.6 is 0 Å². The van der Waals surface area contributed by atoms with Crippen LogP contribution in [0.4, 0.5) is 43.9 Å². The second-order valence-corrected chi connectivity index (χ2v) is 9.02. The Hall–Kier alpha value is -3.58. The van der Waals surface area contributed by atoms with E-state index in [1.54, 1.807) is 5.32 Å². The van der Waals surface area contributed by atoms with Gasteiger partial charge in [0, 0.05) is 0 Å². The number of carbonyl (C=O) groups excluding carboxylic acids is 2. The predicted octanol–water partition coefficient (Wildman–Crippen LogP) is 6.45. The van der Waals surface area contributed by atoms with Gasteiger partial charge in [0.05, 0.1) is 17.0 Å². The first-order chi connectivity index (χ1) is 17.8. The van der Waals surface area contributed by atoms with Crippen LogP contribution in [0.25, 0.3) is 6.08 Å². The zero-order chi connectivity index (χ0) is 29.4. The van der Waals surface area contributed by atoms with Crippen molar-refractivity contribution in [3.05, 3.63) is 76.1 Å². The van der Waals surface area contributed by atoms with Gasteiger partial charge in [0.1, 0.15) is 17.9 Å². The summed E-state index contributed by atoms with van der Waals surface area (Å²) in [4.78, 5) is 24.7. The normalized spacial score (nSPS) is 16.2. The molecule has 1 aliphatic carbocycles. The molecule has 0 radical (unpaired) electrons. The molecule has 0 bridgehead atoms. The number of alkyl halides is 9. The Bertz CT molecular complexity index is 1280. The minimum absolute atomic E-state index is 0.0644.